The highest BCUT2D eigenvalue weighted by atomic mass is 16.2. The lowest BCUT2D eigenvalue weighted by Gasteiger charge is -2.61. The van der Waals surface area contributed by atoms with E-state index in [4.69, 9.17) is 0 Å². The number of aryl methyl sites for hydroxylation is 1. The molecule has 0 unspecified atom stereocenters. The molecule has 1 spiro atoms. The third-order valence-electron chi connectivity index (χ3n) is 12.4. The topological polar surface area (TPSA) is 53.8 Å². The van der Waals surface area contributed by atoms with Crippen LogP contribution in [0.1, 0.15) is 58.6 Å². The van der Waals surface area contributed by atoms with Crippen LogP contribution in [0.3, 0.4) is 0 Å². The zero-order chi connectivity index (χ0) is 33.0. The number of anilines is 1. The van der Waals surface area contributed by atoms with Crippen LogP contribution in [0.25, 0.3) is 5.65 Å². The van der Waals surface area contributed by atoms with Gasteiger partial charge in [-0.25, -0.2) is 4.98 Å². The van der Waals surface area contributed by atoms with E-state index in [0.717, 1.165) is 29.6 Å². The van der Waals surface area contributed by atoms with Crippen molar-refractivity contribution in [2.45, 2.75) is 45.1 Å². The van der Waals surface area contributed by atoms with Crippen molar-refractivity contribution in [2.75, 3.05) is 105 Å². The third kappa shape index (κ3) is 6.51. The molecule has 0 radical (unpaired) electrons. The van der Waals surface area contributed by atoms with E-state index in [-0.39, 0.29) is 5.91 Å². The molecule has 8 heterocycles. The molecule has 9 heteroatoms. The molecule has 0 atom stereocenters. The molecule has 6 aliphatic rings. The number of piperidine rings is 2. The fraction of sp³-hybridized carbons (Fsp3) is 0.641. The number of aromatic nitrogens is 2. The molecule has 1 amide bonds. The molecule has 5 saturated heterocycles. The van der Waals surface area contributed by atoms with E-state index in [9.17, 15) is 4.79 Å². The number of pyridine rings is 1. The number of likely N-dealkylation sites (tertiary alicyclic amines) is 4. The Bertz CT molecular complexity index is 1600. The normalized spacial score (nSPS) is 24.4. The molecule has 1 aromatic carbocycles. The Morgan fingerprint density at radius 1 is 0.833 bits per heavy atom. The summed E-state index contributed by atoms with van der Waals surface area (Å²) in [5.41, 5.74) is 7.90. The highest BCUT2D eigenvalue weighted by Gasteiger charge is 2.52. The summed E-state index contributed by atoms with van der Waals surface area (Å²) in [6.07, 6.45) is 11.6. The summed E-state index contributed by atoms with van der Waals surface area (Å²) in [6.45, 7) is 18.2. The maximum Gasteiger partial charge on any atom is 0.254 e. The van der Waals surface area contributed by atoms with E-state index in [2.05, 4.69) is 85.5 Å². The maximum absolute atomic E-state index is 12.0. The predicted octanol–water partition coefficient (Wildman–Crippen LogP) is 4.12. The molecule has 0 N–H and O–H groups in total. The Hall–Kier alpha value is -2.98. The molecule has 6 aliphatic heterocycles. The number of fused-ring (bicyclic) bond motifs is 2. The highest BCUT2D eigenvalue weighted by molar-refractivity contribution is 5.98. The first-order chi connectivity index (χ1) is 23.2. The Labute approximate surface area is 287 Å². The van der Waals surface area contributed by atoms with Gasteiger partial charge >= 0.3 is 0 Å². The number of carbonyl (C=O) groups is 1. The first-order valence-corrected chi connectivity index (χ1v) is 18.6. The van der Waals surface area contributed by atoms with E-state index in [0.29, 0.717) is 11.3 Å². The molecule has 3 aromatic rings. The number of imidazole rings is 1. The van der Waals surface area contributed by atoms with Crippen molar-refractivity contribution in [3.63, 3.8) is 0 Å². The van der Waals surface area contributed by atoms with E-state index in [1.165, 1.54) is 127 Å². The van der Waals surface area contributed by atoms with E-state index in [1.807, 2.05) is 19.3 Å². The minimum absolute atomic E-state index is 0.162. The molecule has 5 fully saturated rings. The van der Waals surface area contributed by atoms with Gasteiger partial charge in [-0.3, -0.25) is 4.79 Å². The lowest BCUT2D eigenvalue weighted by Crippen LogP contribution is -2.72. The van der Waals surface area contributed by atoms with Gasteiger partial charge in [-0.1, -0.05) is 0 Å². The van der Waals surface area contributed by atoms with Gasteiger partial charge in [0.2, 0.25) is 0 Å². The molecule has 0 aliphatic carbocycles. The lowest BCUT2D eigenvalue weighted by atomic mass is 9.72. The van der Waals surface area contributed by atoms with Crippen LogP contribution in [0.5, 0.6) is 0 Å². The summed E-state index contributed by atoms with van der Waals surface area (Å²) in [7, 11) is 6.34. The third-order valence-corrected chi connectivity index (χ3v) is 12.4. The molecular weight excluding hydrogens is 596 g/mol. The fourth-order valence-electron chi connectivity index (χ4n) is 9.67. The van der Waals surface area contributed by atoms with Crippen molar-refractivity contribution in [1.82, 2.24) is 33.9 Å². The Balaban J connectivity index is 0.000000142. The second kappa shape index (κ2) is 13.0. The van der Waals surface area contributed by atoms with E-state index in [1.54, 1.807) is 4.90 Å². The van der Waals surface area contributed by atoms with Gasteiger partial charge in [0.15, 0.2) is 0 Å². The molecular formula is C39H56N8O. The molecule has 9 rings (SSSR count). The minimum Gasteiger partial charge on any atom is -0.370 e. The number of nitrogens with zero attached hydrogens (tertiary/aromatic N) is 8. The number of benzene rings is 1. The van der Waals surface area contributed by atoms with Gasteiger partial charge in [-0.05, 0) is 132 Å². The highest BCUT2D eigenvalue weighted by Crippen LogP contribution is 2.43. The van der Waals surface area contributed by atoms with Crippen molar-refractivity contribution >= 4 is 17.2 Å². The van der Waals surface area contributed by atoms with Crippen LogP contribution in [0, 0.1) is 24.2 Å². The largest absolute Gasteiger partial charge is 0.370 e. The Kier molecular flexibility index (Phi) is 8.76. The molecule has 0 saturated carbocycles. The Morgan fingerprint density at radius 2 is 1.56 bits per heavy atom. The van der Waals surface area contributed by atoms with Gasteiger partial charge in [-0.2, -0.15) is 0 Å². The Morgan fingerprint density at radius 3 is 2.29 bits per heavy atom. The van der Waals surface area contributed by atoms with Crippen LogP contribution in [-0.2, 0) is 6.54 Å². The molecule has 9 nitrogen and oxygen atoms in total. The zero-order valence-electron chi connectivity index (χ0n) is 29.8. The smallest absolute Gasteiger partial charge is 0.254 e. The second-order valence-electron chi connectivity index (χ2n) is 16.5. The summed E-state index contributed by atoms with van der Waals surface area (Å²) >= 11 is 0. The van der Waals surface area contributed by atoms with E-state index < -0.39 is 0 Å². The first-order valence-electron chi connectivity index (χ1n) is 18.6. The average Bonchev–Trinajstić information content (AvgIpc) is 3.60. The van der Waals surface area contributed by atoms with Crippen LogP contribution >= 0.6 is 0 Å². The van der Waals surface area contributed by atoms with Crippen LogP contribution in [0.2, 0.25) is 0 Å². The molecule has 258 valence electrons. The standard InChI is InChI=1S/C21H30N4O.C18H26N4/c1-22-7-5-16(6-8-22)10-24-12-21(13-24)14-25(15-21)18-3-4-19-17(9-18)11-23(2)20(19)26;1-14-9-18-19-5-8-22(18)13-17(14)16-3-6-21(7-4-16)12-15-10-20(2)11-15/h3-4,9,16H,5-8,10-15H2,1-2H3;5,8-9,13,15-16H,3-4,6-7,10-12H2,1-2H3. The average molecular weight is 653 g/mol. The quantitative estimate of drug-likeness (QED) is 0.397. The second-order valence-corrected chi connectivity index (χ2v) is 16.5. The molecule has 2 aromatic heterocycles. The van der Waals surface area contributed by atoms with Crippen LogP contribution in [0.4, 0.5) is 5.69 Å². The van der Waals surface area contributed by atoms with Crippen molar-refractivity contribution in [1.29, 1.82) is 0 Å². The SMILES string of the molecule is CN1CCC(CN2CC3(C2)CN(c2ccc4c(c2)CN(C)C4=O)C3)CC1.Cc1cc2nccn2cc1C1CCN(CC2CN(C)C2)CC1. The number of hydrogen-bond acceptors (Lipinski definition) is 7. The van der Waals surface area contributed by atoms with Crippen molar-refractivity contribution in [3.8, 4) is 0 Å². The predicted molar refractivity (Wildman–Crippen MR) is 193 cm³/mol. The number of rotatable bonds is 6. The molecule has 48 heavy (non-hydrogen) atoms. The number of hydrogen-bond donors (Lipinski definition) is 0. The van der Waals surface area contributed by atoms with Gasteiger partial charge in [0.1, 0.15) is 5.65 Å². The number of carbonyl (C=O) groups excluding carboxylic acids is 1. The first kappa shape index (κ1) is 32.2. The monoisotopic (exact) mass is 652 g/mol. The van der Waals surface area contributed by atoms with Crippen LogP contribution < -0.4 is 4.90 Å². The fourth-order valence-corrected chi connectivity index (χ4v) is 9.67. The summed E-state index contributed by atoms with van der Waals surface area (Å²) in [4.78, 5) is 31.0. The van der Waals surface area contributed by atoms with Gasteiger partial charge in [-0.15, -0.1) is 0 Å². The summed E-state index contributed by atoms with van der Waals surface area (Å²) in [5.74, 6) is 2.69. The van der Waals surface area contributed by atoms with Crippen LogP contribution in [0.15, 0.2) is 42.9 Å². The lowest BCUT2D eigenvalue weighted by molar-refractivity contribution is -0.0351. The van der Waals surface area contributed by atoms with Gasteiger partial charge in [0.05, 0.1) is 0 Å². The maximum atomic E-state index is 12.0. The van der Waals surface area contributed by atoms with Crippen molar-refractivity contribution in [2.24, 2.45) is 17.3 Å². The zero-order valence-corrected chi connectivity index (χ0v) is 29.8. The summed E-state index contributed by atoms with van der Waals surface area (Å²) in [5, 5.41) is 0. The van der Waals surface area contributed by atoms with Gasteiger partial charge in [0, 0.05) is 101 Å². The van der Waals surface area contributed by atoms with Gasteiger partial charge < -0.3 is 33.8 Å². The minimum atomic E-state index is 0.162. The molecule has 0 bridgehead atoms. The van der Waals surface area contributed by atoms with Gasteiger partial charge in [0.25, 0.3) is 5.91 Å². The van der Waals surface area contributed by atoms with E-state index >= 15 is 0 Å². The summed E-state index contributed by atoms with van der Waals surface area (Å²) < 4.78 is 2.17. The van der Waals surface area contributed by atoms with Crippen molar-refractivity contribution in [3.05, 3.63) is 65.1 Å². The summed E-state index contributed by atoms with van der Waals surface area (Å²) in [6, 6.07) is 8.62. The number of amides is 1. The van der Waals surface area contributed by atoms with Crippen LogP contribution in [-0.4, -0.2) is 139 Å². The van der Waals surface area contributed by atoms with Crippen molar-refractivity contribution < 1.29 is 4.79 Å².